The van der Waals surface area contributed by atoms with E-state index in [4.69, 9.17) is 0 Å². The molecule has 3 N–H and O–H groups in total. The van der Waals surface area contributed by atoms with Gasteiger partial charge in [0.1, 0.15) is 5.82 Å². The Hall–Kier alpha value is -1.52. The molecule has 2 unspecified atom stereocenters. The Balaban J connectivity index is 1.70. The molecule has 0 saturated carbocycles. The second-order valence-electron chi connectivity index (χ2n) is 7.23. The minimum absolute atomic E-state index is 0.0461. The van der Waals surface area contributed by atoms with Crippen molar-refractivity contribution in [3.63, 3.8) is 0 Å². The molecule has 0 aromatic heterocycles. The van der Waals surface area contributed by atoms with Crippen molar-refractivity contribution in [2.75, 3.05) is 39.3 Å². The maximum absolute atomic E-state index is 13.8. The number of aliphatic hydroxyl groups is 1. The predicted molar refractivity (Wildman–Crippen MR) is 104 cm³/mol. The fourth-order valence-electron chi connectivity index (χ4n) is 4.03. The molecule has 1 saturated heterocycles. The van der Waals surface area contributed by atoms with Crippen LogP contribution in [-0.2, 0) is 6.42 Å². The predicted octanol–water partition coefficient (Wildman–Crippen LogP) is 1.59. The van der Waals surface area contributed by atoms with Gasteiger partial charge in [0.2, 0.25) is 0 Å². The molecule has 2 heterocycles. The highest BCUT2D eigenvalue weighted by Crippen LogP contribution is 2.43. The highest BCUT2D eigenvalue weighted by Gasteiger charge is 2.30. The standard InChI is InChI=1S/C20H24FN3O3S/c21-15-2-1-14-11-18(23-7-5-22(6-8-23)9-10-25)17-13-16(24(26)27)3-4-19(17)28-20(14)12-15/h1-4,12-13,18,24-26H,5-11H2. The van der Waals surface area contributed by atoms with E-state index in [1.54, 1.807) is 18.2 Å². The molecule has 2 aromatic rings. The number of nitrogens with one attached hydrogen (secondary N) is 1. The summed E-state index contributed by atoms with van der Waals surface area (Å²) in [5, 5.41) is 29.2. The first-order valence-electron chi connectivity index (χ1n) is 9.46. The van der Waals surface area contributed by atoms with Gasteiger partial charge in [0.25, 0.3) is 0 Å². The van der Waals surface area contributed by atoms with Crippen LogP contribution in [0.15, 0.2) is 46.2 Å². The van der Waals surface area contributed by atoms with Crippen LogP contribution in [0.1, 0.15) is 17.2 Å². The molecule has 0 radical (unpaired) electrons. The molecule has 0 bridgehead atoms. The molecule has 2 aromatic carbocycles. The van der Waals surface area contributed by atoms with Crippen molar-refractivity contribution in [2.45, 2.75) is 22.3 Å². The maximum Gasteiger partial charge on any atom is 0.164 e. The van der Waals surface area contributed by atoms with E-state index in [0.29, 0.717) is 6.54 Å². The third kappa shape index (κ3) is 4.08. The van der Waals surface area contributed by atoms with Gasteiger partial charge in [-0.05, 0) is 35.7 Å². The van der Waals surface area contributed by atoms with Crippen LogP contribution in [0.3, 0.4) is 0 Å². The lowest BCUT2D eigenvalue weighted by Crippen LogP contribution is -2.99. The van der Waals surface area contributed by atoms with Gasteiger partial charge in [-0.15, -0.1) is 0 Å². The van der Waals surface area contributed by atoms with Crippen molar-refractivity contribution >= 4 is 17.4 Å². The second-order valence-corrected chi connectivity index (χ2v) is 8.32. The number of nitrogens with zero attached hydrogens (tertiary/aromatic N) is 2. The molecular formula is C20H24FN3O3S. The quantitative estimate of drug-likeness (QED) is 0.671. The minimum atomic E-state index is -0.938. The Morgan fingerprint density at radius 1 is 1.11 bits per heavy atom. The number of halogens is 1. The van der Waals surface area contributed by atoms with Gasteiger partial charge in [0, 0.05) is 60.7 Å². The van der Waals surface area contributed by atoms with Gasteiger partial charge in [-0.2, -0.15) is 5.23 Å². The summed E-state index contributed by atoms with van der Waals surface area (Å²) in [4.78, 5) is 6.50. The van der Waals surface area contributed by atoms with Gasteiger partial charge >= 0.3 is 0 Å². The van der Waals surface area contributed by atoms with Crippen LogP contribution in [0.2, 0.25) is 0 Å². The van der Waals surface area contributed by atoms with E-state index < -0.39 is 5.23 Å². The Bertz CT molecular complexity index is 843. The maximum atomic E-state index is 13.8. The molecule has 2 aliphatic rings. The largest absolute Gasteiger partial charge is 0.595 e. The molecular weight excluding hydrogens is 381 g/mol. The summed E-state index contributed by atoms with van der Waals surface area (Å²) in [6.07, 6.45) is 0.721. The third-order valence-corrected chi connectivity index (χ3v) is 6.73. The number of hydrogen-bond acceptors (Lipinski definition) is 6. The number of benzene rings is 2. The van der Waals surface area contributed by atoms with Crippen LogP contribution in [0, 0.1) is 11.0 Å². The van der Waals surface area contributed by atoms with Crippen molar-refractivity contribution in [3.05, 3.63) is 58.5 Å². The van der Waals surface area contributed by atoms with E-state index in [-0.39, 0.29) is 24.2 Å². The fraction of sp³-hybridized carbons (Fsp3) is 0.400. The summed E-state index contributed by atoms with van der Waals surface area (Å²) in [5.74, 6) is -0.258. The van der Waals surface area contributed by atoms with Crippen LogP contribution in [0.5, 0.6) is 0 Å². The van der Waals surface area contributed by atoms with Gasteiger partial charge in [0.05, 0.1) is 6.61 Å². The van der Waals surface area contributed by atoms with Gasteiger partial charge in [-0.3, -0.25) is 9.80 Å². The van der Waals surface area contributed by atoms with E-state index in [1.807, 2.05) is 12.1 Å². The van der Waals surface area contributed by atoms with Crippen molar-refractivity contribution in [1.29, 1.82) is 0 Å². The highest BCUT2D eigenvalue weighted by atomic mass is 32.2. The third-order valence-electron chi connectivity index (χ3n) is 5.54. The van der Waals surface area contributed by atoms with Crippen LogP contribution in [0.25, 0.3) is 0 Å². The molecule has 28 heavy (non-hydrogen) atoms. The molecule has 6 nitrogen and oxygen atoms in total. The number of fused-ring (bicyclic) bond motifs is 2. The molecule has 0 amide bonds. The first kappa shape index (κ1) is 19.8. The zero-order valence-corrected chi connectivity index (χ0v) is 16.3. The summed E-state index contributed by atoms with van der Waals surface area (Å²) in [6, 6.07) is 10.2. The molecule has 150 valence electrons. The van der Waals surface area contributed by atoms with Crippen molar-refractivity contribution in [3.8, 4) is 0 Å². The van der Waals surface area contributed by atoms with Crippen LogP contribution < -0.4 is 5.23 Å². The Morgan fingerprint density at radius 2 is 1.89 bits per heavy atom. The smallest absolute Gasteiger partial charge is 0.164 e. The number of rotatable bonds is 4. The second kappa shape index (κ2) is 8.46. The van der Waals surface area contributed by atoms with Gasteiger partial charge in [-0.1, -0.05) is 17.8 Å². The zero-order valence-electron chi connectivity index (χ0n) is 15.5. The van der Waals surface area contributed by atoms with Gasteiger partial charge in [0.15, 0.2) is 5.69 Å². The molecule has 1 fully saturated rings. The topological polar surface area (TPSA) is 74.4 Å². The van der Waals surface area contributed by atoms with Crippen LogP contribution in [0.4, 0.5) is 10.1 Å². The normalized spacial score (nSPS) is 21.6. The van der Waals surface area contributed by atoms with Crippen LogP contribution in [-0.4, -0.2) is 59.4 Å². The van der Waals surface area contributed by atoms with E-state index in [9.17, 15) is 19.9 Å². The number of β-amino-alcohol motifs (C(OH)–C–C–N with tert-alkyl or cyclic N) is 1. The molecule has 4 rings (SSSR count). The SMILES string of the molecule is [O-][NH+](O)c1ccc2c(c1)C(N1CCN(CCO)CC1)Cc1ccc(F)cc1S2. The van der Waals surface area contributed by atoms with Crippen molar-refractivity contribution in [2.24, 2.45) is 0 Å². The summed E-state index contributed by atoms with van der Waals surface area (Å²) in [6.45, 7) is 4.27. The highest BCUT2D eigenvalue weighted by molar-refractivity contribution is 7.99. The Kier molecular flexibility index (Phi) is 5.98. The fourth-order valence-corrected chi connectivity index (χ4v) is 5.17. The lowest BCUT2D eigenvalue weighted by molar-refractivity contribution is -0.991. The Morgan fingerprint density at radius 3 is 2.61 bits per heavy atom. The monoisotopic (exact) mass is 405 g/mol. The van der Waals surface area contributed by atoms with Gasteiger partial charge in [-0.25, -0.2) is 9.60 Å². The number of hydrogen-bond donors (Lipinski definition) is 3. The average molecular weight is 405 g/mol. The lowest BCUT2D eigenvalue weighted by atomic mass is 9.96. The summed E-state index contributed by atoms with van der Waals surface area (Å²) in [5.41, 5.74) is 2.36. The summed E-state index contributed by atoms with van der Waals surface area (Å²) < 4.78 is 13.8. The number of piperazine rings is 1. The van der Waals surface area contributed by atoms with Crippen LogP contribution >= 0.6 is 11.8 Å². The molecule has 8 heteroatoms. The molecule has 0 aliphatic carbocycles. The summed E-state index contributed by atoms with van der Waals surface area (Å²) in [7, 11) is 0. The summed E-state index contributed by atoms with van der Waals surface area (Å²) >= 11 is 1.51. The van der Waals surface area contributed by atoms with E-state index in [0.717, 1.165) is 53.5 Å². The minimum Gasteiger partial charge on any atom is -0.595 e. The molecule has 0 spiro atoms. The first-order chi connectivity index (χ1) is 13.5. The zero-order chi connectivity index (χ0) is 19.7. The average Bonchev–Trinajstić information content (AvgIpc) is 2.84. The number of aliphatic hydroxyl groups excluding tert-OH is 1. The van der Waals surface area contributed by atoms with Gasteiger partial charge < -0.3 is 10.3 Å². The Labute approximate surface area is 167 Å². The lowest BCUT2D eigenvalue weighted by Gasteiger charge is -2.39. The molecule has 2 aliphatic heterocycles. The molecule has 2 atom stereocenters. The van der Waals surface area contributed by atoms with Crippen molar-refractivity contribution < 1.29 is 19.9 Å². The van der Waals surface area contributed by atoms with Crippen molar-refractivity contribution in [1.82, 2.24) is 9.80 Å². The van der Waals surface area contributed by atoms with E-state index in [2.05, 4.69) is 9.80 Å². The van der Waals surface area contributed by atoms with E-state index >= 15 is 0 Å². The van der Waals surface area contributed by atoms with E-state index in [1.165, 1.54) is 17.8 Å². The first-order valence-corrected chi connectivity index (χ1v) is 10.3. The number of quaternary nitrogens is 1.